The fourth-order valence-electron chi connectivity index (χ4n) is 0.947. The average molecular weight is 278 g/mol. The van der Waals surface area contributed by atoms with Crippen molar-refractivity contribution in [1.29, 1.82) is 0 Å². The van der Waals surface area contributed by atoms with Crippen LogP contribution in [-0.2, 0) is 6.54 Å². The lowest BCUT2D eigenvalue weighted by Crippen LogP contribution is -2.44. The minimum Gasteiger partial charge on any atom is -0.389 e. The lowest BCUT2D eigenvalue weighted by Gasteiger charge is -2.26. The van der Waals surface area contributed by atoms with Crippen LogP contribution >= 0.6 is 27.3 Å². The van der Waals surface area contributed by atoms with Gasteiger partial charge < -0.3 is 10.4 Å². The number of halogens is 1. The summed E-state index contributed by atoms with van der Waals surface area (Å²) in [6.07, 6.45) is 0. The van der Waals surface area contributed by atoms with Crippen molar-refractivity contribution in [3.8, 4) is 0 Å². The molecule has 14 heavy (non-hydrogen) atoms. The number of nitrogens with one attached hydrogen (secondary N) is 1. The van der Waals surface area contributed by atoms with Crippen molar-refractivity contribution in [2.24, 2.45) is 0 Å². The van der Waals surface area contributed by atoms with Crippen molar-refractivity contribution in [3.05, 3.63) is 20.8 Å². The zero-order chi connectivity index (χ0) is 10.8. The van der Waals surface area contributed by atoms with Crippen LogP contribution in [0.4, 0.5) is 0 Å². The van der Waals surface area contributed by atoms with Gasteiger partial charge in [0.15, 0.2) is 0 Å². The highest BCUT2D eigenvalue weighted by Crippen LogP contribution is 2.22. The Morgan fingerprint density at radius 1 is 1.64 bits per heavy atom. The van der Waals surface area contributed by atoms with E-state index in [2.05, 4.69) is 26.6 Å². The van der Waals surface area contributed by atoms with Crippen LogP contribution in [0.3, 0.4) is 0 Å². The Balaban J connectivity index is 2.46. The predicted molar refractivity (Wildman–Crippen MR) is 64.6 cm³/mol. The minimum absolute atomic E-state index is 0.0801. The maximum absolute atomic E-state index is 9.71. The smallest absolute Gasteiger partial charge is 0.0741 e. The molecule has 1 rings (SSSR count). The number of rotatable bonds is 4. The maximum Gasteiger partial charge on any atom is 0.0741 e. The molecule has 0 saturated heterocycles. The molecular formula is C10H16BrNOS. The first kappa shape index (κ1) is 12.2. The number of hydrogen-bond acceptors (Lipinski definition) is 3. The van der Waals surface area contributed by atoms with Crippen LogP contribution in [0.5, 0.6) is 0 Å². The van der Waals surface area contributed by atoms with Crippen molar-refractivity contribution in [3.63, 3.8) is 0 Å². The van der Waals surface area contributed by atoms with Crippen LogP contribution in [0, 0.1) is 0 Å². The molecule has 80 valence electrons. The quantitative estimate of drug-likeness (QED) is 0.887. The Hall–Kier alpha value is 0.1000. The fraction of sp³-hybridized carbons (Fsp3) is 0.600. The van der Waals surface area contributed by atoms with Gasteiger partial charge in [-0.25, -0.2) is 0 Å². The van der Waals surface area contributed by atoms with Gasteiger partial charge in [-0.05, 0) is 48.1 Å². The molecule has 0 amide bonds. The summed E-state index contributed by atoms with van der Waals surface area (Å²) in [5, 5.41) is 15.1. The molecule has 0 bridgehead atoms. The van der Waals surface area contributed by atoms with Gasteiger partial charge >= 0.3 is 0 Å². The SMILES string of the molecule is CC(NCc1sccc1Br)C(C)(C)O. The summed E-state index contributed by atoms with van der Waals surface area (Å²) in [5.41, 5.74) is -0.677. The largest absolute Gasteiger partial charge is 0.389 e. The molecule has 0 saturated carbocycles. The highest BCUT2D eigenvalue weighted by Gasteiger charge is 2.21. The number of aliphatic hydroxyl groups is 1. The van der Waals surface area contributed by atoms with Crippen molar-refractivity contribution in [2.45, 2.75) is 39.0 Å². The molecule has 1 aromatic heterocycles. The van der Waals surface area contributed by atoms with Gasteiger partial charge in [-0.15, -0.1) is 11.3 Å². The van der Waals surface area contributed by atoms with Gasteiger partial charge in [0.1, 0.15) is 0 Å². The molecule has 1 unspecified atom stereocenters. The van der Waals surface area contributed by atoms with E-state index in [1.165, 1.54) is 4.88 Å². The Morgan fingerprint density at radius 2 is 2.29 bits per heavy atom. The van der Waals surface area contributed by atoms with E-state index in [9.17, 15) is 5.11 Å². The first-order valence-electron chi connectivity index (χ1n) is 4.59. The zero-order valence-corrected chi connectivity index (χ0v) is 11.1. The van der Waals surface area contributed by atoms with E-state index in [4.69, 9.17) is 0 Å². The predicted octanol–water partition coefficient (Wildman–Crippen LogP) is 2.76. The molecule has 1 heterocycles. The Labute approximate surface area is 97.5 Å². The van der Waals surface area contributed by atoms with E-state index < -0.39 is 5.60 Å². The summed E-state index contributed by atoms with van der Waals surface area (Å²) in [6.45, 7) is 6.41. The summed E-state index contributed by atoms with van der Waals surface area (Å²) < 4.78 is 1.14. The summed E-state index contributed by atoms with van der Waals surface area (Å²) in [7, 11) is 0. The topological polar surface area (TPSA) is 32.3 Å². The van der Waals surface area contributed by atoms with E-state index in [1.54, 1.807) is 11.3 Å². The number of thiophene rings is 1. The van der Waals surface area contributed by atoms with Gasteiger partial charge in [0.25, 0.3) is 0 Å². The van der Waals surface area contributed by atoms with E-state index in [1.807, 2.05) is 26.8 Å². The third-order valence-electron chi connectivity index (χ3n) is 2.32. The molecule has 2 N–H and O–H groups in total. The van der Waals surface area contributed by atoms with Gasteiger partial charge in [-0.2, -0.15) is 0 Å². The average Bonchev–Trinajstić information content (AvgIpc) is 2.45. The molecule has 1 aromatic rings. The van der Waals surface area contributed by atoms with Crippen molar-refractivity contribution < 1.29 is 5.11 Å². The monoisotopic (exact) mass is 277 g/mol. The van der Waals surface area contributed by atoms with Gasteiger partial charge in [-0.1, -0.05) is 0 Å². The van der Waals surface area contributed by atoms with Crippen LogP contribution in [0.1, 0.15) is 25.6 Å². The van der Waals surface area contributed by atoms with Gasteiger partial charge in [0, 0.05) is 21.9 Å². The molecule has 0 aromatic carbocycles. The zero-order valence-electron chi connectivity index (χ0n) is 8.67. The fourth-order valence-corrected chi connectivity index (χ4v) is 2.39. The molecule has 0 aliphatic carbocycles. The van der Waals surface area contributed by atoms with Crippen molar-refractivity contribution in [1.82, 2.24) is 5.32 Å². The van der Waals surface area contributed by atoms with Crippen LogP contribution in [0.25, 0.3) is 0 Å². The van der Waals surface area contributed by atoms with Gasteiger partial charge in [-0.3, -0.25) is 0 Å². The summed E-state index contributed by atoms with van der Waals surface area (Å²) in [5.74, 6) is 0. The third-order valence-corrected chi connectivity index (χ3v) is 4.25. The van der Waals surface area contributed by atoms with Crippen molar-refractivity contribution >= 4 is 27.3 Å². The molecular weight excluding hydrogens is 262 g/mol. The molecule has 0 aliphatic heterocycles. The first-order valence-corrected chi connectivity index (χ1v) is 6.26. The molecule has 0 fully saturated rings. The molecule has 4 heteroatoms. The highest BCUT2D eigenvalue weighted by molar-refractivity contribution is 9.10. The van der Waals surface area contributed by atoms with Crippen LogP contribution in [-0.4, -0.2) is 16.7 Å². The van der Waals surface area contributed by atoms with Gasteiger partial charge in [0.2, 0.25) is 0 Å². The lowest BCUT2D eigenvalue weighted by atomic mass is 10.0. The summed E-state index contributed by atoms with van der Waals surface area (Å²) in [4.78, 5) is 1.26. The Kier molecular flexibility index (Phi) is 4.13. The molecule has 2 nitrogen and oxygen atoms in total. The normalized spacial score (nSPS) is 14.4. The van der Waals surface area contributed by atoms with Crippen LogP contribution < -0.4 is 5.32 Å². The number of hydrogen-bond donors (Lipinski definition) is 2. The maximum atomic E-state index is 9.71. The van der Waals surface area contributed by atoms with Crippen molar-refractivity contribution in [2.75, 3.05) is 0 Å². The Bertz CT molecular complexity index is 293. The first-order chi connectivity index (χ1) is 6.41. The second-order valence-corrected chi connectivity index (χ2v) is 5.80. The second kappa shape index (κ2) is 4.75. The molecule has 0 spiro atoms. The van der Waals surface area contributed by atoms with E-state index >= 15 is 0 Å². The standard InChI is InChI=1S/C10H16BrNOS/c1-7(10(2,3)13)12-6-9-8(11)4-5-14-9/h4-5,7,12-13H,6H2,1-3H3. The molecule has 0 radical (unpaired) electrons. The molecule has 0 aliphatic rings. The van der Waals surface area contributed by atoms with E-state index in [-0.39, 0.29) is 6.04 Å². The van der Waals surface area contributed by atoms with E-state index in [0.717, 1.165) is 11.0 Å². The van der Waals surface area contributed by atoms with Crippen LogP contribution in [0.2, 0.25) is 0 Å². The lowest BCUT2D eigenvalue weighted by molar-refractivity contribution is 0.0438. The highest BCUT2D eigenvalue weighted by atomic mass is 79.9. The summed E-state index contributed by atoms with van der Waals surface area (Å²) in [6, 6.07) is 2.12. The van der Waals surface area contributed by atoms with Crippen LogP contribution in [0.15, 0.2) is 15.9 Å². The third kappa shape index (κ3) is 3.35. The second-order valence-electron chi connectivity index (χ2n) is 3.95. The molecule has 1 atom stereocenters. The summed E-state index contributed by atoms with van der Waals surface area (Å²) >= 11 is 5.19. The van der Waals surface area contributed by atoms with Gasteiger partial charge in [0.05, 0.1) is 5.60 Å². The minimum atomic E-state index is -0.677. The van der Waals surface area contributed by atoms with E-state index in [0.29, 0.717) is 0 Å². The Morgan fingerprint density at radius 3 is 2.71 bits per heavy atom.